The second-order valence-corrected chi connectivity index (χ2v) is 8.28. The van der Waals surface area contributed by atoms with Crippen LogP contribution in [0.1, 0.15) is 18.1 Å². The molecule has 2 aromatic heterocycles. The standard InChI is InChI=1S/C25H19N5OS/c1-16-13-19(20-5-3-4-6-22(20)31-2)11-12-30(16)25-29-23-24(32-25)28-21(15-27-23)18-9-7-17(14-26)8-10-18/h3-11,13,15H,12H2,1-2H3. The van der Waals surface area contributed by atoms with Crippen LogP contribution in [0.4, 0.5) is 5.13 Å². The molecule has 0 atom stereocenters. The van der Waals surface area contributed by atoms with Crippen LogP contribution in [-0.2, 0) is 0 Å². The van der Waals surface area contributed by atoms with E-state index in [0.29, 0.717) is 17.8 Å². The van der Waals surface area contributed by atoms with Crippen molar-refractivity contribution >= 4 is 32.5 Å². The van der Waals surface area contributed by atoms with Crippen molar-refractivity contribution in [3.63, 3.8) is 0 Å². The number of para-hydroxylation sites is 1. The summed E-state index contributed by atoms with van der Waals surface area (Å²) in [5.74, 6) is 0.861. The molecule has 1 aliphatic heterocycles. The molecule has 0 unspecified atom stereocenters. The zero-order valence-corrected chi connectivity index (χ0v) is 18.4. The van der Waals surface area contributed by atoms with E-state index in [-0.39, 0.29) is 0 Å². The topological polar surface area (TPSA) is 74.9 Å². The van der Waals surface area contributed by atoms with E-state index in [2.05, 4.69) is 41.1 Å². The maximum Gasteiger partial charge on any atom is 0.194 e. The second kappa shape index (κ2) is 8.25. The van der Waals surface area contributed by atoms with Gasteiger partial charge in [0.15, 0.2) is 15.6 Å². The second-order valence-electron chi connectivity index (χ2n) is 7.33. The Balaban J connectivity index is 1.43. The number of rotatable bonds is 4. The van der Waals surface area contributed by atoms with Crippen LogP contribution in [0.2, 0.25) is 0 Å². The minimum absolute atomic E-state index is 0.621. The normalized spacial score (nSPS) is 13.5. The fraction of sp³-hybridized carbons (Fsp3) is 0.120. The molecule has 2 aromatic carbocycles. The number of aromatic nitrogens is 3. The third-order valence-electron chi connectivity index (χ3n) is 5.35. The van der Waals surface area contributed by atoms with Gasteiger partial charge in [0.2, 0.25) is 0 Å². The van der Waals surface area contributed by atoms with E-state index in [1.807, 2.05) is 30.3 Å². The lowest BCUT2D eigenvalue weighted by molar-refractivity contribution is 0.413. The number of hydrogen-bond donors (Lipinski definition) is 0. The summed E-state index contributed by atoms with van der Waals surface area (Å²) in [5.41, 5.74) is 6.25. The first-order valence-corrected chi connectivity index (χ1v) is 10.9. The smallest absolute Gasteiger partial charge is 0.194 e. The molecule has 0 saturated carbocycles. The van der Waals surface area contributed by atoms with Crippen molar-refractivity contribution in [3.8, 4) is 23.1 Å². The van der Waals surface area contributed by atoms with Gasteiger partial charge in [0.1, 0.15) is 5.75 Å². The third kappa shape index (κ3) is 3.61. The Hall–Kier alpha value is -4.02. The number of hydrogen-bond acceptors (Lipinski definition) is 7. The Morgan fingerprint density at radius 3 is 2.66 bits per heavy atom. The van der Waals surface area contributed by atoms with Gasteiger partial charge in [0.05, 0.1) is 30.6 Å². The monoisotopic (exact) mass is 437 g/mol. The van der Waals surface area contributed by atoms with E-state index in [9.17, 15) is 0 Å². The summed E-state index contributed by atoms with van der Waals surface area (Å²) in [4.78, 5) is 16.9. The summed E-state index contributed by atoms with van der Waals surface area (Å²) in [6.45, 7) is 2.79. The molecule has 0 radical (unpaired) electrons. The molecule has 3 heterocycles. The van der Waals surface area contributed by atoms with Crippen LogP contribution in [-0.4, -0.2) is 28.6 Å². The lowest BCUT2D eigenvalue weighted by Crippen LogP contribution is -2.23. The molecule has 0 N–H and O–H groups in total. The van der Waals surface area contributed by atoms with E-state index >= 15 is 0 Å². The quantitative estimate of drug-likeness (QED) is 0.423. The number of anilines is 1. The number of nitrogens with zero attached hydrogens (tertiary/aromatic N) is 5. The average Bonchev–Trinajstić information content (AvgIpc) is 3.27. The Kier molecular flexibility index (Phi) is 5.13. The maximum absolute atomic E-state index is 8.99. The minimum atomic E-state index is 0.621. The Morgan fingerprint density at radius 1 is 1.09 bits per heavy atom. The van der Waals surface area contributed by atoms with Crippen molar-refractivity contribution in [3.05, 3.63) is 83.7 Å². The lowest BCUT2D eigenvalue weighted by Gasteiger charge is -2.25. The summed E-state index contributed by atoms with van der Waals surface area (Å²) in [5, 5.41) is 9.85. The van der Waals surface area contributed by atoms with Crippen LogP contribution >= 0.6 is 11.3 Å². The fourth-order valence-electron chi connectivity index (χ4n) is 3.68. The number of fused-ring (bicyclic) bond motifs is 1. The first-order valence-electron chi connectivity index (χ1n) is 10.1. The first kappa shape index (κ1) is 19.9. The summed E-state index contributed by atoms with van der Waals surface area (Å²) in [7, 11) is 1.69. The molecule has 0 fully saturated rings. The Labute approximate surface area is 189 Å². The van der Waals surface area contributed by atoms with Crippen molar-refractivity contribution in [1.82, 2.24) is 15.0 Å². The van der Waals surface area contributed by atoms with Crippen molar-refractivity contribution in [2.75, 3.05) is 18.6 Å². The summed E-state index contributed by atoms with van der Waals surface area (Å²) >= 11 is 1.52. The van der Waals surface area contributed by atoms with Crippen molar-refractivity contribution in [2.24, 2.45) is 0 Å². The van der Waals surface area contributed by atoms with Crippen LogP contribution in [0.25, 0.3) is 27.3 Å². The molecule has 0 aliphatic carbocycles. The molecule has 1 aliphatic rings. The van der Waals surface area contributed by atoms with Crippen LogP contribution in [0.5, 0.6) is 5.75 Å². The van der Waals surface area contributed by atoms with E-state index in [1.54, 1.807) is 25.4 Å². The van der Waals surface area contributed by atoms with Crippen molar-refractivity contribution in [1.29, 1.82) is 5.26 Å². The van der Waals surface area contributed by atoms with Crippen molar-refractivity contribution in [2.45, 2.75) is 6.92 Å². The zero-order valence-electron chi connectivity index (χ0n) is 17.6. The number of allylic oxidation sites excluding steroid dienone is 3. The SMILES string of the molecule is COc1ccccc1C1=CCN(c2nc3ncc(-c4ccc(C#N)cc4)nc3s2)C(C)=C1. The van der Waals surface area contributed by atoms with Gasteiger partial charge in [0, 0.05) is 23.4 Å². The number of nitriles is 1. The molecular formula is C25H19N5OS. The molecule has 0 spiro atoms. The van der Waals surface area contributed by atoms with Gasteiger partial charge in [-0.2, -0.15) is 10.2 Å². The molecule has 0 saturated heterocycles. The van der Waals surface area contributed by atoms with E-state index in [0.717, 1.165) is 43.8 Å². The predicted molar refractivity (Wildman–Crippen MR) is 127 cm³/mol. The van der Waals surface area contributed by atoms with Gasteiger partial charge in [0.25, 0.3) is 0 Å². The van der Waals surface area contributed by atoms with Gasteiger partial charge in [-0.15, -0.1) is 0 Å². The highest BCUT2D eigenvalue weighted by molar-refractivity contribution is 7.21. The summed E-state index contributed by atoms with van der Waals surface area (Å²) in [6, 6.07) is 17.5. The molecule has 0 amide bonds. The van der Waals surface area contributed by atoms with E-state index in [4.69, 9.17) is 20.0 Å². The van der Waals surface area contributed by atoms with Gasteiger partial charge in [-0.25, -0.2) is 9.97 Å². The largest absolute Gasteiger partial charge is 0.496 e. The summed E-state index contributed by atoms with van der Waals surface area (Å²) in [6.07, 6.45) is 6.06. The average molecular weight is 438 g/mol. The highest BCUT2D eigenvalue weighted by atomic mass is 32.1. The zero-order chi connectivity index (χ0) is 22.1. The molecule has 7 heteroatoms. The van der Waals surface area contributed by atoms with E-state index in [1.165, 1.54) is 11.3 Å². The molecule has 156 valence electrons. The number of ether oxygens (including phenoxy) is 1. The Bertz CT molecular complexity index is 1410. The fourth-order valence-corrected chi connectivity index (χ4v) is 4.64. The lowest BCUT2D eigenvalue weighted by atomic mass is 10.0. The highest BCUT2D eigenvalue weighted by Gasteiger charge is 2.19. The van der Waals surface area contributed by atoms with Crippen LogP contribution in [0.15, 0.2) is 72.6 Å². The van der Waals surface area contributed by atoms with Crippen LogP contribution in [0.3, 0.4) is 0 Å². The molecule has 32 heavy (non-hydrogen) atoms. The third-order valence-corrected chi connectivity index (χ3v) is 6.32. The van der Waals surface area contributed by atoms with Gasteiger partial charge >= 0.3 is 0 Å². The first-order chi connectivity index (χ1) is 15.7. The molecular weight excluding hydrogens is 418 g/mol. The Morgan fingerprint density at radius 2 is 1.91 bits per heavy atom. The maximum atomic E-state index is 8.99. The minimum Gasteiger partial charge on any atom is -0.496 e. The molecule has 0 bridgehead atoms. The number of benzene rings is 2. The van der Waals surface area contributed by atoms with E-state index < -0.39 is 0 Å². The van der Waals surface area contributed by atoms with Gasteiger partial charge in [-0.05, 0) is 36.8 Å². The molecule has 6 nitrogen and oxygen atoms in total. The van der Waals surface area contributed by atoms with Gasteiger partial charge in [-0.3, -0.25) is 0 Å². The molecule has 4 aromatic rings. The van der Waals surface area contributed by atoms with Crippen LogP contribution in [0, 0.1) is 11.3 Å². The van der Waals surface area contributed by atoms with Gasteiger partial charge in [-0.1, -0.05) is 47.7 Å². The predicted octanol–water partition coefficient (Wildman–Crippen LogP) is 5.44. The highest BCUT2D eigenvalue weighted by Crippen LogP contribution is 2.35. The van der Waals surface area contributed by atoms with Crippen LogP contribution < -0.4 is 9.64 Å². The number of thiazole rings is 1. The summed E-state index contributed by atoms with van der Waals surface area (Å²) < 4.78 is 5.52. The van der Waals surface area contributed by atoms with Crippen molar-refractivity contribution < 1.29 is 4.74 Å². The number of methoxy groups -OCH3 is 1. The van der Waals surface area contributed by atoms with Gasteiger partial charge < -0.3 is 9.64 Å². The molecule has 5 rings (SSSR count).